The molecule has 2 aromatic heterocycles. The van der Waals surface area contributed by atoms with E-state index < -0.39 is 11.7 Å². The predicted octanol–water partition coefficient (Wildman–Crippen LogP) is 2.89. The van der Waals surface area contributed by atoms with Gasteiger partial charge in [-0.05, 0) is 32.9 Å². The fourth-order valence-electron chi connectivity index (χ4n) is 1.51. The number of anilines is 1. The minimum Gasteiger partial charge on any atom is -0.444 e. The van der Waals surface area contributed by atoms with Crippen molar-refractivity contribution in [2.24, 2.45) is 0 Å². The van der Waals surface area contributed by atoms with Crippen molar-refractivity contribution in [3.05, 3.63) is 36.9 Å². The second kappa shape index (κ2) is 5.64. The van der Waals surface area contributed by atoms with Gasteiger partial charge in [0.2, 0.25) is 0 Å². The summed E-state index contributed by atoms with van der Waals surface area (Å²) >= 11 is 0. The maximum Gasteiger partial charge on any atom is 0.413 e. The Balaban J connectivity index is 2.13. The number of aromatic nitrogens is 3. The van der Waals surface area contributed by atoms with Crippen molar-refractivity contribution in [3.8, 4) is 11.3 Å². The van der Waals surface area contributed by atoms with Crippen molar-refractivity contribution in [1.82, 2.24) is 15.0 Å². The Morgan fingerprint density at radius 1 is 1.20 bits per heavy atom. The van der Waals surface area contributed by atoms with Gasteiger partial charge in [-0.2, -0.15) is 0 Å². The van der Waals surface area contributed by atoms with Crippen LogP contribution in [0.5, 0.6) is 0 Å². The molecule has 6 nitrogen and oxygen atoms in total. The molecule has 104 valence electrons. The molecule has 0 spiro atoms. The minimum absolute atomic E-state index is 0.405. The zero-order chi connectivity index (χ0) is 14.6. The monoisotopic (exact) mass is 272 g/mol. The molecule has 0 aliphatic heterocycles. The molecule has 0 atom stereocenters. The van der Waals surface area contributed by atoms with E-state index in [2.05, 4.69) is 20.3 Å². The number of pyridine rings is 1. The Hall–Kier alpha value is -2.50. The van der Waals surface area contributed by atoms with Gasteiger partial charge in [0.05, 0.1) is 11.9 Å². The number of carbonyl (C=O) groups is 1. The van der Waals surface area contributed by atoms with Crippen molar-refractivity contribution >= 4 is 11.9 Å². The van der Waals surface area contributed by atoms with Crippen LogP contribution in [0, 0.1) is 0 Å². The maximum absolute atomic E-state index is 11.7. The molecule has 20 heavy (non-hydrogen) atoms. The lowest BCUT2D eigenvalue weighted by atomic mass is 10.2. The molecule has 0 saturated carbocycles. The van der Waals surface area contributed by atoms with Crippen LogP contribution in [0.15, 0.2) is 36.9 Å². The Morgan fingerprint density at radius 3 is 2.65 bits per heavy atom. The van der Waals surface area contributed by atoms with E-state index in [-0.39, 0.29) is 0 Å². The topological polar surface area (TPSA) is 77.0 Å². The molecule has 0 aliphatic rings. The SMILES string of the molecule is CC(C)(C)OC(=O)Nc1cc(-c2cnccn2)ccn1. The summed E-state index contributed by atoms with van der Waals surface area (Å²) in [6, 6.07) is 3.51. The summed E-state index contributed by atoms with van der Waals surface area (Å²) in [5.74, 6) is 0.405. The molecular weight excluding hydrogens is 256 g/mol. The molecular formula is C14H16N4O2. The van der Waals surface area contributed by atoms with E-state index in [1.807, 2.05) is 0 Å². The van der Waals surface area contributed by atoms with Gasteiger partial charge in [0.1, 0.15) is 11.4 Å². The van der Waals surface area contributed by atoms with E-state index in [0.29, 0.717) is 11.5 Å². The van der Waals surface area contributed by atoms with E-state index in [9.17, 15) is 4.79 Å². The first-order valence-electron chi connectivity index (χ1n) is 6.16. The number of ether oxygens (including phenoxy) is 1. The zero-order valence-corrected chi connectivity index (χ0v) is 11.6. The lowest BCUT2D eigenvalue weighted by Gasteiger charge is -2.19. The molecule has 6 heteroatoms. The van der Waals surface area contributed by atoms with Gasteiger partial charge in [-0.1, -0.05) is 0 Å². The number of hydrogen-bond donors (Lipinski definition) is 1. The molecule has 0 aromatic carbocycles. The molecule has 0 bridgehead atoms. The second-order valence-electron chi connectivity index (χ2n) is 5.15. The highest BCUT2D eigenvalue weighted by Gasteiger charge is 2.16. The van der Waals surface area contributed by atoms with E-state index in [1.54, 1.807) is 57.7 Å². The number of rotatable bonds is 2. The van der Waals surface area contributed by atoms with E-state index in [1.165, 1.54) is 0 Å². The molecule has 2 rings (SSSR count). The van der Waals surface area contributed by atoms with Crippen molar-refractivity contribution in [3.63, 3.8) is 0 Å². The summed E-state index contributed by atoms with van der Waals surface area (Å²) in [6.45, 7) is 5.40. The van der Waals surface area contributed by atoms with Gasteiger partial charge >= 0.3 is 6.09 Å². The highest BCUT2D eigenvalue weighted by molar-refractivity contribution is 5.84. The highest BCUT2D eigenvalue weighted by Crippen LogP contribution is 2.18. The molecule has 2 heterocycles. The van der Waals surface area contributed by atoms with Crippen molar-refractivity contribution in [1.29, 1.82) is 0 Å². The predicted molar refractivity (Wildman–Crippen MR) is 75.1 cm³/mol. The van der Waals surface area contributed by atoms with Crippen LogP contribution in [0.2, 0.25) is 0 Å². The Labute approximate surface area is 117 Å². The second-order valence-corrected chi connectivity index (χ2v) is 5.15. The fraction of sp³-hybridized carbons (Fsp3) is 0.286. The van der Waals surface area contributed by atoms with Crippen molar-refractivity contribution in [2.45, 2.75) is 26.4 Å². The molecule has 2 aromatic rings. The van der Waals surface area contributed by atoms with Crippen LogP contribution in [0.4, 0.5) is 10.6 Å². The van der Waals surface area contributed by atoms with Crippen LogP contribution in [0.25, 0.3) is 11.3 Å². The Kier molecular flexibility index (Phi) is 3.93. The van der Waals surface area contributed by atoms with Gasteiger partial charge in [-0.25, -0.2) is 9.78 Å². The third kappa shape index (κ3) is 4.01. The quantitative estimate of drug-likeness (QED) is 0.909. The van der Waals surface area contributed by atoms with Gasteiger partial charge in [-0.3, -0.25) is 15.3 Å². The molecule has 0 fully saturated rings. The summed E-state index contributed by atoms with van der Waals surface area (Å²) in [5.41, 5.74) is 0.980. The molecule has 0 saturated heterocycles. The molecule has 0 aliphatic carbocycles. The first-order chi connectivity index (χ1) is 9.44. The smallest absolute Gasteiger partial charge is 0.413 e. The van der Waals surface area contributed by atoms with Crippen LogP contribution >= 0.6 is 0 Å². The lowest BCUT2D eigenvalue weighted by molar-refractivity contribution is 0.0635. The first kappa shape index (κ1) is 13.9. The number of nitrogens with one attached hydrogen (secondary N) is 1. The number of carbonyl (C=O) groups excluding carboxylic acids is 1. The third-order valence-electron chi connectivity index (χ3n) is 2.25. The van der Waals surface area contributed by atoms with Gasteiger partial charge in [0, 0.05) is 24.2 Å². The fourth-order valence-corrected chi connectivity index (χ4v) is 1.51. The van der Waals surface area contributed by atoms with E-state index >= 15 is 0 Å². The number of hydrogen-bond acceptors (Lipinski definition) is 5. The van der Waals surface area contributed by atoms with Crippen molar-refractivity contribution < 1.29 is 9.53 Å². The summed E-state index contributed by atoms with van der Waals surface area (Å²) in [6.07, 6.45) is 5.91. The van der Waals surface area contributed by atoms with Gasteiger partial charge in [0.25, 0.3) is 0 Å². The molecule has 1 N–H and O–H groups in total. The Morgan fingerprint density at radius 2 is 2.00 bits per heavy atom. The standard InChI is InChI=1S/C14H16N4O2/c1-14(2,3)20-13(19)18-12-8-10(4-5-17-12)11-9-15-6-7-16-11/h4-9H,1-3H3,(H,17,18,19). The number of nitrogens with zero attached hydrogens (tertiary/aromatic N) is 3. The highest BCUT2D eigenvalue weighted by atomic mass is 16.6. The normalized spacial score (nSPS) is 10.9. The van der Waals surface area contributed by atoms with Gasteiger partial charge in [0.15, 0.2) is 0 Å². The first-order valence-corrected chi connectivity index (χ1v) is 6.16. The number of amides is 1. The van der Waals surface area contributed by atoms with E-state index in [4.69, 9.17) is 4.74 Å². The van der Waals surface area contributed by atoms with E-state index in [0.717, 1.165) is 5.56 Å². The maximum atomic E-state index is 11.7. The van der Waals surface area contributed by atoms with Crippen LogP contribution < -0.4 is 5.32 Å². The van der Waals surface area contributed by atoms with Gasteiger partial charge in [-0.15, -0.1) is 0 Å². The molecule has 1 amide bonds. The van der Waals surface area contributed by atoms with Crippen molar-refractivity contribution in [2.75, 3.05) is 5.32 Å². The van der Waals surface area contributed by atoms with Crippen LogP contribution in [-0.4, -0.2) is 26.6 Å². The lowest BCUT2D eigenvalue weighted by Crippen LogP contribution is -2.27. The summed E-state index contributed by atoms with van der Waals surface area (Å²) < 4.78 is 5.17. The largest absolute Gasteiger partial charge is 0.444 e. The summed E-state index contributed by atoms with van der Waals surface area (Å²) in [5, 5.41) is 2.59. The average Bonchev–Trinajstić information content (AvgIpc) is 2.38. The van der Waals surface area contributed by atoms with Crippen LogP contribution in [0.1, 0.15) is 20.8 Å². The average molecular weight is 272 g/mol. The minimum atomic E-state index is -0.549. The third-order valence-corrected chi connectivity index (χ3v) is 2.25. The Bertz CT molecular complexity index is 594. The summed E-state index contributed by atoms with van der Waals surface area (Å²) in [7, 11) is 0. The summed E-state index contributed by atoms with van der Waals surface area (Å²) in [4.78, 5) is 23.9. The van der Waals surface area contributed by atoms with Crippen LogP contribution in [0.3, 0.4) is 0 Å². The van der Waals surface area contributed by atoms with Gasteiger partial charge < -0.3 is 4.74 Å². The van der Waals surface area contributed by atoms with Crippen LogP contribution in [-0.2, 0) is 4.74 Å². The molecule has 0 unspecified atom stereocenters. The molecule has 0 radical (unpaired) electrons. The zero-order valence-electron chi connectivity index (χ0n) is 11.6.